The molecule has 2 aromatic heterocycles. The number of nitrogens with zero attached hydrogens (tertiary/aromatic N) is 4. The van der Waals surface area contributed by atoms with E-state index in [2.05, 4.69) is 15.1 Å². The molecule has 1 saturated heterocycles. The minimum Gasteiger partial charge on any atom is -0.342 e. The van der Waals surface area contributed by atoms with E-state index in [9.17, 15) is 13.6 Å². The molecule has 1 aliphatic heterocycles. The number of aryl methyl sites for hydroxylation is 1. The number of hydrogen-bond acceptors (Lipinski definition) is 3. The normalized spacial score (nSPS) is 16.1. The van der Waals surface area contributed by atoms with Gasteiger partial charge in [0.05, 0.1) is 11.9 Å². The lowest BCUT2D eigenvalue weighted by Gasteiger charge is -2.35. The number of H-pyrrole nitrogens is 1. The quantitative estimate of drug-likeness (QED) is 0.455. The van der Waals surface area contributed by atoms with Crippen LogP contribution in [0.25, 0.3) is 22.4 Å². The van der Waals surface area contributed by atoms with Crippen LogP contribution in [0, 0.1) is 11.6 Å². The van der Waals surface area contributed by atoms with Crippen LogP contribution in [-0.4, -0.2) is 43.1 Å². The van der Waals surface area contributed by atoms with E-state index in [-0.39, 0.29) is 23.6 Å². The van der Waals surface area contributed by atoms with Crippen LogP contribution < -0.4 is 0 Å². The molecule has 6 nitrogen and oxygen atoms in total. The molecule has 4 aromatic rings. The van der Waals surface area contributed by atoms with Crippen molar-refractivity contribution in [3.8, 4) is 22.4 Å². The van der Waals surface area contributed by atoms with E-state index in [4.69, 9.17) is 0 Å². The highest BCUT2D eigenvalue weighted by molar-refractivity contribution is 5.99. The van der Waals surface area contributed by atoms with Crippen LogP contribution in [-0.2, 0) is 13.5 Å². The van der Waals surface area contributed by atoms with E-state index in [1.54, 1.807) is 48.4 Å². The van der Waals surface area contributed by atoms with E-state index in [1.165, 1.54) is 24.3 Å². The first-order valence-corrected chi connectivity index (χ1v) is 11.4. The summed E-state index contributed by atoms with van der Waals surface area (Å²) in [4.78, 5) is 23.4. The summed E-state index contributed by atoms with van der Waals surface area (Å²) in [6.07, 6.45) is 6.96. The maximum absolute atomic E-state index is 13.6. The molecule has 1 amide bonds. The van der Waals surface area contributed by atoms with Crippen molar-refractivity contribution >= 4 is 5.91 Å². The average molecular weight is 462 g/mol. The Morgan fingerprint density at radius 3 is 2.41 bits per heavy atom. The van der Waals surface area contributed by atoms with Gasteiger partial charge >= 0.3 is 0 Å². The van der Waals surface area contributed by atoms with Crippen LogP contribution in [0.4, 0.5) is 8.78 Å². The Morgan fingerprint density at radius 2 is 1.71 bits per heavy atom. The molecule has 0 bridgehead atoms. The van der Waals surface area contributed by atoms with Gasteiger partial charge < -0.3 is 9.88 Å². The Balaban J connectivity index is 1.38. The van der Waals surface area contributed by atoms with Gasteiger partial charge in [0.1, 0.15) is 17.5 Å². The average Bonchev–Trinajstić information content (AvgIpc) is 3.47. The fourth-order valence-corrected chi connectivity index (χ4v) is 4.57. The monoisotopic (exact) mass is 461 g/mol. The summed E-state index contributed by atoms with van der Waals surface area (Å²) in [6.45, 7) is 0.647. The number of rotatable bonds is 5. The third kappa shape index (κ3) is 4.48. The number of likely N-dealkylation sites (tertiary alicyclic amines) is 1. The van der Waals surface area contributed by atoms with E-state index in [1.807, 2.05) is 4.90 Å². The molecule has 0 spiro atoms. The smallest absolute Gasteiger partial charge is 0.275 e. The summed E-state index contributed by atoms with van der Waals surface area (Å²) in [7, 11) is 1.78. The standard InChI is InChI=1S/C26H25F2N5O/c1-32-16-22(17-5-9-19(27)10-6-17)25(31-32)26(34)33-13-3-2-4-21(33)14-24-29-15-23(30-24)18-7-11-20(28)12-8-18/h5-12,15-16,21H,2-4,13-14H2,1H3,(H,29,30)/t21-/m0/s1. The van der Waals surface area contributed by atoms with Crippen LogP contribution >= 0.6 is 0 Å². The second kappa shape index (κ2) is 9.21. The zero-order chi connectivity index (χ0) is 23.7. The Bertz CT molecular complexity index is 1290. The predicted molar refractivity (Wildman–Crippen MR) is 125 cm³/mol. The van der Waals surface area contributed by atoms with Crippen molar-refractivity contribution in [3.63, 3.8) is 0 Å². The fourth-order valence-electron chi connectivity index (χ4n) is 4.57. The molecule has 0 saturated carbocycles. The lowest BCUT2D eigenvalue weighted by molar-refractivity contribution is 0.0605. The van der Waals surface area contributed by atoms with Crippen molar-refractivity contribution in [1.82, 2.24) is 24.6 Å². The lowest BCUT2D eigenvalue weighted by Crippen LogP contribution is -2.45. The van der Waals surface area contributed by atoms with Crippen molar-refractivity contribution in [2.75, 3.05) is 6.54 Å². The number of imidazole rings is 1. The van der Waals surface area contributed by atoms with Gasteiger partial charge in [0, 0.05) is 37.8 Å². The predicted octanol–water partition coefficient (Wildman–Crippen LogP) is 4.99. The van der Waals surface area contributed by atoms with Gasteiger partial charge in [-0.25, -0.2) is 13.8 Å². The molecule has 2 aromatic carbocycles. The Morgan fingerprint density at radius 1 is 1.03 bits per heavy atom. The summed E-state index contributed by atoms with van der Waals surface area (Å²) in [5.74, 6) is 0.0446. The minimum atomic E-state index is -0.324. The summed E-state index contributed by atoms with van der Waals surface area (Å²) in [5.41, 5.74) is 3.48. The SMILES string of the molecule is Cn1cc(-c2ccc(F)cc2)c(C(=O)N2CCCC[C@H]2Cc2ncc(-c3ccc(F)cc3)[nH]2)n1. The van der Waals surface area contributed by atoms with Crippen LogP contribution in [0.5, 0.6) is 0 Å². The highest BCUT2D eigenvalue weighted by atomic mass is 19.1. The maximum atomic E-state index is 13.6. The van der Waals surface area contributed by atoms with Gasteiger partial charge in [-0.2, -0.15) is 5.10 Å². The number of halogens is 2. The summed E-state index contributed by atoms with van der Waals surface area (Å²) in [5, 5.41) is 4.45. The van der Waals surface area contributed by atoms with Crippen molar-refractivity contribution in [2.24, 2.45) is 7.05 Å². The molecule has 0 unspecified atom stereocenters. The molecule has 1 atom stereocenters. The van der Waals surface area contributed by atoms with Gasteiger partial charge in [0.15, 0.2) is 5.69 Å². The largest absolute Gasteiger partial charge is 0.342 e. The third-order valence-electron chi connectivity index (χ3n) is 6.29. The first kappa shape index (κ1) is 22.0. The number of benzene rings is 2. The molecule has 1 fully saturated rings. The summed E-state index contributed by atoms with van der Waals surface area (Å²) >= 11 is 0. The number of hydrogen-bond donors (Lipinski definition) is 1. The van der Waals surface area contributed by atoms with E-state index >= 15 is 0 Å². The van der Waals surface area contributed by atoms with Gasteiger partial charge in [-0.3, -0.25) is 9.48 Å². The van der Waals surface area contributed by atoms with Crippen LogP contribution in [0.15, 0.2) is 60.9 Å². The fraction of sp³-hybridized carbons (Fsp3) is 0.269. The molecule has 1 aliphatic rings. The van der Waals surface area contributed by atoms with Crippen molar-refractivity contribution in [1.29, 1.82) is 0 Å². The van der Waals surface area contributed by atoms with Gasteiger partial charge in [-0.15, -0.1) is 0 Å². The number of amides is 1. The molecule has 34 heavy (non-hydrogen) atoms. The molecule has 5 rings (SSSR count). The molecule has 3 heterocycles. The van der Waals surface area contributed by atoms with Gasteiger partial charge in [-0.1, -0.05) is 12.1 Å². The number of carbonyl (C=O) groups is 1. The Labute approximate surface area is 196 Å². The number of aromatic nitrogens is 4. The molecular weight excluding hydrogens is 436 g/mol. The van der Waals surface area contributed by atoms with Crippen molar-refractivity contribution < 1.29 is 13.6 Å². The molecule has 174 valence electrons. The molecule has 0 radical (unpaired) electrons. The number of aromatic amines is 1. The molecule has 0 aliphatic carbocycles. The number of piperidine rings is 1. The number of carbonyl (C=O) groups excluding carboxylic acids is 1. The molecule has 8 heteroatoms. The summed E-state index contributed by atoms with van der Waals surface area (Å²) in [6, 6.07) is 12.3. The Kier molecular flexibility index (Phi) is 5.96. The van der Waals surface area contributed by atoms with Crippen LogP contribution in [0.3, 0.4) is 0 Å². The summed E-state index contributed by atoms with van der Waals surface area (Å²) < 4.78 is 28.3. The van der Waals surface area contributed by atoms with Crippen molar-refractivity contribution in [2.45, 2.75) is 31.7 Å². The highest BCUT2D eigenvalue weighted by Gasteiger charge is 2.31. The third-order valence-corrected chi connectivity index (χ3v) is 6.29. The molecule has 1 N–H and O–H groups in total. The van der Waals surface area contributed by atoms with Gasteiger partial charge in [-0.05, 0) is 66.8 Å². The van der Waals surface area contributed by atoms with Gasteiger partial charge in [0.25, 0.3) is 5.91 Å². The Hall–Kier alpha value is -3.81. The maximum Gasteiger partial charge on any atom is 0.275 e. The van der Waals surface area contributed by atoms with E-state index in [0.717, 1.165) is 41.9 Å². The first-order valence-electron chi connectivity index (χ1n) is 11.4. The van der Waals surface area contributed by atoms with Crippen LogP contribution in [0.2, 0.25) is 0 Å². The lowest BCUT2D eigenvalue weighted by atomic mass is 9.97. The van der Waals surface area contributed by atoms with E-state index in [0.29, 0.717) is 24.2 Å². The zero-order valence-electron chi connectivity index (χ0n) is 18.8. The topological polar surface area (TPSA) is 66.8 Å². The van der Waals surface area contributed by atoms with Crippen LogP contribution in [0.1, 0.15) is 35.6 Å². The highest BCUT2D eigenvalue weighted by Crippen LogP contribution is 2.28. The van der Waals surface area contributed by atoms with E-state index < -0.39 is 0 Å². The van der Waals surface area contributed by atoms with Crippen molar-refractivity contribution in [3.05, 3.63) is 84.1 Å². The second-order valence-electron chi connectivity index (χ2n) is 8.67. The minimum absolute atomic E-state index is 0.0171. The second-order valence-corrected chi connectivity index (χ2v) is 8.67. The first-order chi connectivity index (χ1) is 16.5. The molecular formula is C26H25F2N5O. The zero-order valence-corrected chi connectivity index (χ0v) is 18.8. The van der Waals surface area contributed by atoms with Gasteiger partial charge in [0.2, 0.25) is 0 Å². The number of nitrogens with one attached hydrogen (secondary N) is 1.